The summed E-state index contributed by atoms with van der Waals surface area (Å²) in [5, 5.41) is 18.7. The summed E-state index contributed by atoms with van der Waals surface area (Å²) in [6.07, 6.45) is 5.92. The predicted molar refractivity (Wildman–Crippen MR) is 124 cm³/mol. The number of thiophene rings is 1. The lowest BCUT2D eigenvalue weighted by Crippen LogP contribution is -2.49. The van der Waals surface area contributed by atoms with Crippen molar-refractivity contribution in [3.05, 3.63) is 47.0 Å². The van der Waals surface area contributed by atoms with E-state index in [-0.39, 0.29) is 18.1 Å². The molecule has 31 heavy (non-hydrogen) atoms. The van der Waals surface area contributed by atoms with E-state index in [0.29, 0.717) is 6.04 Å². The van der Waals surface area contributed by atoms with Crippen LogP contribution in [-0.4, -0.2) is 57.0 Å². The molecule has 1 aliphatic heterocycles. The Balaban J connectivity index is 1.23. The highest BCUT2D eigenvalue weighted by Crippen LogP contribution is 2.31. The molecule has 2 aromatic heterocycles. The predicted octanol–water partition coefficient (Wildman–Crippen LogP) is 3.89. The van der Waals surface area contributed by atoms with Crippen molar-refractivity contribution < 1.29 is 9.90 Å². The van der Waals surface area contributed by atoms with Gasteiger partial charge in [0.25, 0.3) is 5.91 Å². The molecule has 7 heteroatoms. The number of aryl methyl sites for hydroxylation is 1. The summed E-state index contributed by atoms with van der Waals surface area (Å²) in [4.78, 5) is 17.3. The number of nitrogens with one attached hydrogen (secondary N) is 1. The first kappa shape index (κ1) is 20.7. The molecule has 1 aliphatic carbocycles. The molecule has 0 bridgehead atoms. The molecular formula is C24H30N4O2S. The van der Waals surface area contributed by atoms with Crippen molar-refractivity contribution in [1.82, 2.24) is 20.0 Å². The largest absolute Gasteiger partial charge is 0.393 e. The zero-order valence-corrected chi connectivity index (χ0v) is 18.8. The highest BCUT2D eigenvalue weighted by molar-refractivity contribution is 7.20. The van der Waals surface area contributed by atoms with E-state index in [2.05, 4.69) is 15.3 Å². The number of amides is 1. The molecule has 6 nitrogen and oxygen atoms in total. The number of aliphatic hydroxyl groups is 1. The first-order valence-electron chi connectivity index (χ1n) is 11.4. The number of piperidine rings is 1. The fraction of sp³-hybridized carbons (Fsp3) is 0.500. The monoisotopic (exact) mass is 438 g/mol. The number of nitrogens with zero attached hydrogens (tertiary/aromatic N) is 3. The smallest absolute Gasteiger partial charge is 0.261 e. The maximum atomic E-state index is 13.0. The minimum atomic E-state index is -0.105. The Bertz CT molecular complexity index is 1040. The van der Waals surface area contributed by atoms with Crippen LogP contribution in [0.4, 0.5) is 0 Å². The topological polar surface area (TPSA) is 70.4 Å². The number of likely N-dealkylation sites (tertiary alicyclic amines) is 1. The van der Waals surface area contributed by atoms with Crippen LogP contribution in [0.15, 0.2) is 36.4 Å². The molecule has 3 heterocycles. The first-order valence-corrected chi connectivity index (χ1v) is 12.2. The van der Waals surface area contributed by atoms with E-state index in [1.165, 1.54) is 11.3 Å². The Morgan fingerprint density at radius 3 is 2.52 bits per heavy atom. The number of para-hydroxylation sites is 1. The molecule has 2 aliphatic rings. The van der Waals surface area contributed by atoms with Crippen molar-refractivity contribution in [3.8, 4) is 5.69 Å². The van der Waals surface area contributed by atoms with Crippen molar-refractivity contribution in [2.24, 2.45) is 0 Å². The second-order valence-corrected chi connectivity index (χ2v) is 9.94. The van der Waals surface area contributed by atoms with Gasteiger partial charge < -0.3 is 15.3 Å². The van der Waals surface area contributed by atoms with Gasteiger partial charge in [0.15, 0.2) is 0 Å². The number of carbonyl (C=O) groups excluding carboxylic acids is 1. The third-order valence-corrected chi connectivity index (χ3v) is 7.93. The molecule has 0 radical (unpaired) electrons. The van der Waals surface area contributed by atoms with E-state index in [1.54, 1.807) is 0 Å². The number of hydrogen-bond donors (Lipinski definition) is 2. The SMILES string of the molecule is Cc1nn(-c2ccccc2)c2sc(C(=O)NC3CCN(C4CCC(O)CC4)CC3)cc12. The molecule has 1 saturated carbocycles. The van der Waals surface area contributed by atoms with Gasteiger partial charge in [-0.2, -0.15) is 5.10 Å². The molecule has 0 unspecified atom stereocenters. The van der Waals surface area contributed by atoms with Crippen LogP contribution in [0.1, 0.15) is 53.9 Å². The van der Waals surface area contributed by atoms with Gasteiger partial charge >= 0.3 is 0 Å². The molecule has 0 spiro atoms. The lowest BCUT2D eigenvalue weighted by atomic mass is 9.90. The molecular weight excluding hydrogens is 408 g/mol. The molecule has 0 atom stereocenters. The third-order valence-electron chi connectivity index (χ3n) is 6.82. The second kappa shape index (κ2) is 8.73. The molecule has 1 saturated heterocycles. The van der Waals surface area contributed by atoms with Crippen LogP contribution in [0, 0.1) is 6.92 Å². The van der Waals surface area contributed by atoms with E-state index >= 15 is 0 Å². The van der Waals surface area contributed by atoms with Crippen LogP contribution in [0.2, 0.25) is 0 Å². The summed E-state index contributed by atoms with van der Waals surface area (Å²) < 4.78 is 1.94. The number of aromatic nitrogens is 2. The fourth-order valence-corrected chi connectivity index (χ4v) is 6.08. The Morgan fingerprint density at radius 2 is 1.81 bits per heavy atom. The van der Waals surface area contributed by atoms with Crippen molar-refractivity contribution in [2.75, 3.05) is 13.1 Å². The van der Waals surface area contributed by atoms with Crippen LogP contribution < -0.4 is 5.32 Å². The normalized spacial score (nSPS) is 23.3. The number of aliphatic hydroxyl groups excluding tert-OH is 1. The average Bonchev–Trinajstić information content (AvgIpc) is 3.36. The molecule has 2 fully saturated rings. The Kier molecular flexibility index (Phi) is 5.82. The highest BCUT2D eigenvalue weighted by Gasteiger charge is 2.29. The van der Waals surface area contributed by atoms with Crippen LogP contribution in [0.3, 0.4) is 0 Å². The van der Waals surface area contributed by atoms with Crippen LogP contribution in [0.5, 0.6) is 0 Å². The molecule has 1 amide bonds. The van der Waals surface area contributed by atoms with Gasteiger partial charge in [-0.05, 0) is 63.6 Å². The van der Waals surface area contributed by atoms with Gasteiger partial charge in [0, 0.05) is 30.6 Å². The van der Waals surface area contributed by atoms with E-state index in [9.17, 15) is 9.90 Å². The van der Waals surface area contributed by atoms with Crippen molar-refractivity contribution in [2.45, 2.75) is 63.6 Å². The van der Waals surface area contributed by atoms with E-state index in [0.717, 1.165) is 78.1 Å². The zero-order valence-electron chi connectivity index (χ0n) is 18.0. The lowest BCUT2D eigenvalue weighted by Gasteiger charge is -2.40. The Hall–Kier alpha value is -2.22. The van der Waals surface area contributed by atoms with Crippen molar-refractivity contribution >= 4 is 27.5 Å². The van der Waals surface area contributed by atoms with Crippen LogP contribution in [0.25, 0.3) is 15.9 Å². The van der Waals surface area contributed by atoms with Crippen molar-refractivity contribution in [1.29, 1.82) is 0 Å². The Labute approximate surface area is 186 Å². The number of fused-ring (bicyclic) bond motifs is 1. The summed E-state index contributed by atoms with van der Waals surface area (Å²) in [6, 6.07) is 12.9. The Morgan fingerprint density at radius 1 is 1.10 bits per heavy atom. The minimum Gasteiger partial charge on any atom is -0.393 e. The van der Waals surface area contributed by atoms with Crippen LogP contribution >= 0.6 is 11.3 Å². The molecule has 5 rings (SSSR count). The summed E-state index contributed by atoms with van der Waals surface area (Å²) in [5.41, 5.74) is 1.96. The maximum Gasteiger partial charge on any atom is 0.261 e. The summed E-state index contributed by atoms with van der Waals surface area (Å²) in [7, 11) is 0. The van der Waals surface area contributed by atoms with Crippen LogP contribution in [-0.2, 0) is 0 Å². The fourth-order valence-electron chi connectivity index (χ4n) is 4.99. The minimum absolute atomic E-state index is 0.0273. The molecule has 2 N–H and O–H groups in total. The number of carbonyl (C=O) groups is 1. The molecule has 1 aromatic carbocycles. The van der Waals surface area contributed by atoms with Gasteiger partial charge in [-0.3, -0.25) is 4.79 Å². The number of benzene rings is 1. The lowest BCUT2D eigenvalue weighted by molar-refractivity contribution is 0.0582. The van der Waals surface area contributed by atoms with Crippen molar-refractivity contribution in [3.63, 3.8) is 0 Å². The number of rotatable bonds is 4. The van der Waals surface area contributed by atoms with Gasteiger partial charge in [0.2, 0.25) is 0 Å². The molecule has 164 valence electrons. The van der Waals surface area contributed by atoms with E-state index in [4.69, 9.17) is 0 Å². The second-order valence-electron chi connectivity index (χ2n) is 8.91. The van der Waals surface area contributed by atoms with E-state index < -0.39 is 0 Å². The standard InChI is InChI=1S/C24H30N4O2S/c1-16-21-15-22(31-24(21)28(26-16)19-5-3-2-4-6-19)23(30)25-17-11-13-27(14-12-17)18-7-9-20(29)10-8-18/h2-6,15,17-18,20,29H,7-14H2,1H3,(H,25,30). The van der Waals surface area contributed by atoms with Gasteiger partial charge in [-0.15, -0.1) is 11.3 Å². The number of hydrogen-bond acceptors (Lipinski definition) is 5. The van der Waals surface area contributed by atoms with Gasteiger partial charge in [0.05, 0.1) is 22.4 Å². The van der Waals surface area contributed by atoms with Gasteiger partial charge in [0.1, 0.15) is 4.83 Å². The summed E-state index contributed by atoms with van der Waals surface area (Å²) >= 11 is 1.51. The molecule has 3 aromatic rings. The third kappa shape index (κ3) is 4.27. The van der Waals surface area contributed by atoms with Gasteiger partial charge in [-0.1, -0.05) is 18.2 Å². The zero-order chi connectivity index (χ0) is 21.4. The summed E-state index contributed by atoms with van der Waals surface area (Å²) in [5.74, 6) is 0.0273. The maximum absolute atomic E-state index is 13.0. The van der Waals surface area contributed by atoms with E-state index in [1.807, 2.05) is 48.0 Å². The first-order chi connectivity index (χ1) is 15.1. The average molecular weight is 439 g/mol. The summed E-state index contributed by atoms with van der Waals surface area (Å²) in [6.45, 7) is 4.05. The van der Waals surface area contributed by atoms with Gasteiger partial charge in [-0.25, -0.2) is 4.68 Å². The highest BCUT2D eigenvalue weighted by atomic mass is 32.1. The quantitative estimate of drug-likeness (QED) is 0.648.